The van der Waals surface area contributed by atoms with Crippen LogP contribution in [0.3, 0.4) is 0 Å². The van der Waals surface area contributed by atoms with Crippen molar-refractivity contribution < 1.29 is 18.7 Å². The minimum absolute atomic E-state index is 0.159. The molecule has 0 unspecified atom stereocenters. The average Bonchev–Trinajstić information content (AvgIpc) is 2.57. The summed E-state index contributed by atoms with van der Waals surface area (Å²) in [6, 6.07) is 12.0. The number of ether oxygens (including phenoxy) is 2. The number of hydrogen-bond donors (Lipinski definition) is 1. The molecular formula is C19H22FNO3. The van der Waals surface area contributed by atoms with Crippen LogP contribution in [-0.4, -0.2) is 19.1 Å². The number of amides is 1. The Labute approximate surface area is 141 Å². The summed E-state index contributed by atoms with van der Waals surface area (Å²) in [5, 5.41) is 2.68. The van der Waals surface area contributed by atoms with Crippen LogP contribution in [0.5, 0.6) is 11.5 Å². The third-order valence-corrected chi connectivity index (χ3v) is 3.41. The van der Waals surface area contributed by atoms with E-state index in [1.165, 1.54) is 6.07 Å². The Balaban J connectivity index is 1.69. The van der Waals surface area contributed by atoms with Crippen LogP contribution in [-0.2, 0) is 4.79 Å². The zero-order valence-electron chi connectivity index (χ0n) is 14.0. The van der Waals surface area contributed by atoms with Crippen LogP contribution in [0.4, 0.5) is 10.1 Å². The van der Waals surface area contributed by atoms with Crippen molar-refractivity contribution >= 4 is 11.6 Å². The lowest BCUT2D eigenvalue weighted by molar-refractivity contribution is -0.116. The first kappa shape index (κ1) is 17.8. The Kier molecular flexibility index (Phi) is 6.61. The van der Waals surface area contributed by atoms with Crippen molar-refractivity contribution in [3.63, 3.8) is 0 Å². The molecule has 0 heterocycles. The summed E-state index contributed by atoms with van der Waals surface area (Å²) in [5.74, 6) is 1.05. The molecule has 0 atom stereocenters. The highest BCUT2D eigenvalue weighted by Gasteiger charge is 2.05. The van der Waals surface area contributed by atoms with Gasteiger partial charge in [0.15, 0.2) is 0 Å². The van der Waals surface area contributed by atoms with E-state index in [4.69, 9.17) is 9.47 Å². The minimum Gasteiger partial charge on any atom is -0.494 e. The van der Waals surface area contributed by atoms with Gasteiger partial charge in [0, 0.05) is 12.1 Å². The molecule has 1 N–H and O–H groups in total. The Morgan fingerprint density at radius 3 is 2.38 bits per heavy atom. The second kappa shape index (κ2) is 8.91. The van der Waals surface area contributed by atoms with Gasteiger partial charge in [0.1, 0.15) is 17.3 Å². The molecule has 0 bridgehead atoms. The van der Waals surface area contributed by atoms with Gasteiger partial charge in [-0.2, -0.15) is 0 Å². The van der Waals surface area contributed by atoms with Gasteiger partial charge in [-0.15, -0.1) is 0 Å². The normalized spacial score (nSPS) is 10.3. The number of carbonyl (C=O) groups is 1. The first-order chi connectivity index (χ1) is 11.6. The first-order valence-corrected chi connectivity index (χ1v) is 8.00. The lowest BCUT2D eigenvalue weighted by Gasteiger charge is -2.08. The van der Waals surface area contributed by atoms with E-state index < -0.39 is 0 Å². The summed E-state index contributed by atoms with van der Waals surface area (Å²) >= 11 is 0. The monoisotopic (exact) mass is 331 g/mol. The molecular weight excluding hydrogens is 309 g/mol. The highest BCUT2D eigenvalue weighted by molar-refractivity contribution is 5.90. The molecule has 0 fully saturated rings. The zero-order chi connectivity index (χ0) is 17.4. The standard InChI is InChI=1S/C19H22FNO3/c1-3-23-16-8-10-17(11-9-16)24-12-4-5-19(22)21-15-7-6-14(2)18(20)13-15/h6-11,13H,3-5,12H2,1-2H3,(H,21,22). The third-order valence-electron chi connectivity index (χ3n) is 3.41. The number of nitrogens with one attached hydrogen (secondary N) is 1. The van der Waals surface area contributed by atoms with E-state index in [9.17, 15) is 9.18 Å². The van der Waals surface area contributed by atoms with Crippen LogP contribution in [0, 0.1) is 12.7 Å². The summed E-state index contributed by atoms with van der Waals surface area (Å²) in [7, 11) is 0. The molecule has 0 spiro atoms. The van der Waals surface area contributed by atoms with Crippen LogP contribution >= 0.6 is 0 Å². The minimum atomic E-state index is -0.327. The molecule has 5 heteroatoms. The number of aryl methyl sites for hydroxylation is 1. The van der Waals surface area contributed by atoms with Gasteiger partial charge in [-0.25, -0.2) is 4.39 Å². The van der Waals surface area contributed by atoms with Crippen molar-refractivity contribution in [2.24, 2.45) is 0 Å². The van der Waals surface area contributed by atoms with Gasteiger partial charge in [-0.05, 0) is 62.2 Å². The van der Waals surface area contributed by atoms with Gasteiger partial charge in [-0.1, -0.05) is 6.07 Å². The molecule has 0 saturated heterocycles. The smallest absolute Gasteiger partial charge is 0.224 e. The largest absolute Gasteiger partial charge is 0.494 e. The number of hydrogen-bond acceptors (Lipinski definition) is 3. The fourth-order valence-corrected chi connectivity index (χ4v) is 2.12. The maximum Gasteiger partial charge on any atom is 0.224 e. The number of rotatable bonds is 8. The quantitative estimate of drug-likeness (QED) is 0.732. The summed E-state index contributed by atoms with van der Waals surface area (Å²) < 4.78 is 24.4. The van der Waals surface area contributed by atoms with E-state index in [1.807, 2.05) is 31.2 Å². The molecule has 0 aliphatic carbocycles. The van der Waals surface area contributed by atoms with Gasteiger partial charge < -0.3 is 14.8 Å². The molecule has 2 rings (SSSR count). The summed E-state index contributed by atoms with van der Waals surface area (Å²) in [4.78, 5) is 11.8. The molecule has 0 aliphatic rings. The molecule has 0 aliphatic heterocycles. The van der Waals surface area contributed by atoms with Gasteiger partial charge >= 0.3 is 0 Å². The van der Waals surface area contributed by atoms with Gasteiger partial charge in [0.2, 0.25) is 5.91 Å². The Bertz CT molecular complexity index is 671. The molecule has 2 aromatic carbocycles. The first-order valence-electron chi connectivity index (χ1n) is 8.00. The van der Waals surface area contributed by atoms with E-state index in [-0.39, 0.29) is 11.7 Å². The Morgan fingerprint density at radius 1 is 1.08 bits per heavy atom. The second-order valence-corrected chi connectivity index (χ2v) is 5.37. The van der Waals surface area contributed by atoms with Crippen LogP contribution in [0.2, 0.25) is 0 Å². The number of halogens is 1. The number of carbonyl (C=O) groups excluding carboxylic acids is 1. The van der Waals surface area contributed by atoms with Crippen LogP contribution in [0.25, 0.3) is 0 Å². The van der Waals surface area contributed by atoms with Crippen molar-refractivity contribution in [3.05, 3.63) is 53.8 Å². The van der Waals surface area contributed by atoms with E-state index in [2.05, 4.69) is 5.32 Å². The number of benzene rings is 2. The van der Waals surface area contributed by atoms with Crippen molar-refractivity contribution in [1.82, 2.24) is 0 Å². The molecule has 1 amide bonds. The van der Waals surface area contributed by atoms with Crippen LogP contribution in [0.1, 0.15) is 25.3 Å². The van der Waals surface area contributed by atoms with Crippen molar-refractivity contribution in [2.75, 3.05) is 18.5 Å². The SMILES string of the molecule is CCOc1ccc(OCCCC(=O)Nc2ccc(C)c(F)c2)cc1. The van der Waals surface area contributed by atoms with E-state index >= 15 is 0 Å². The van der Waals surface area contributed by atoms with Crippen LogP contribution in [0.15, 0.2) is 42.5 Å². The summed E-state index contributed by atoms with van der Waals surface area (Å²) in [6.07, 6.45) is 0.889. The highest BCUT2D eigenvalue weighted by Crippen LogP contribution is 2.18. The zero-order valence-corrected chi connectivity index (χ0v) is 14.0. The van der Waals surface area contributed by atoms with Crippen molar-refractivity contribution in [1.29, 1.82) is 0 Å². The Hall–Kier alpha value is -2.56. The fourth-order valence-electron chi connectivity index (χ4n) is 2.12. The number of anilines is 1. The lowest BCUT2D eigenvalue weighted by atomic mass is 10.2. The maximum absolute atomic E-state index is 13.4. The van der Waals surface area contributed by atoms with Gasteiger partial charge in [0.25, 0.3) is 0 Å². The molecule has 2 aromatic rings. The lowest BCUT2D eigenvalue weighted by Crippen LogP contribution is -2.13. The second-order valence-electron chi connectivity index (χ2n) is 5.37. The Morgan fingerprint density at radius 2 is 1.75 bits per heavy atom. The molecule has 0 saturated carbocycles. The molecule has 128 valence electrons. The van der Waals surface area contributed by atoms with Crippen molar-refractivity contribution in [3.8, 4) is 11.5 Å². The summed E-state index contributed by atoms with van der Waals surface area (Å²) in [6.45, 7) is 4.67. The van der Waals surface area contributed by atoms with Gasteiger partial charge in [0.05, 0.1) is 13.2 Å². The molecule has 4 nitrogen and oxygen atoms in total. The van der Waals surface area contributed by atoms with E-state index in [0.717, 1.165) is 11.5 Å². The molecule has 24 heavy (non-hydrogen) atoms. The third kappa shape index (κ3) is 5.57. The molecule has 0 aromatic heterocycles. The topological polar surface area (TPSA) is 47.6 Å². The molecule has 0 radical (unpaired) electrons. The van der Waals surface area contributed by atoms with Crippen molar-refractivity contribution in [2.45, 2.75) is 26.7 Å². The van der Waals surface area contributed by atoms with Crippen LogP contribution < -0.4 is 14.8 Å². The van der Waals surface area contributed by atoms with E-state index in [0.29, 0.717) is 37.3 Å². The maximum atomic E-state index is 13.4. The average molecular weight is 331 g/mol. The predicted molar refractivity (Wildman–Crippen MR) is 92.1 cm³/mol. The van der Waals surface area contributed by atoms with Gasteiger partial charge in [-0.3, -0.25) is 4.79 Å². The summed E-state index contributed by atoms with van der Waals surface area (Å²) in [5.41, 5.74) is 1.02. The predicted octanol–water partition coefficient (Wildman–Crippen LogP) is 4.33. The fraction of sp³-hybridized carbons (Fsp3) is 0.316. The van der Waals surface area contributed by atoms with E-state index in [1.54, 1.807) is 19.1 Å². The highest BCUT2D eigenvalue weighted by atomic mass is 19.1.